The molecule has 1 fully saturated rings. The van der Waals surface area contributed by atoms with Crippen molar-refractivity contribution in [2.45, 2.75) is 25.7 Å². The Morgan fingerprint density at radius 1 is 1.04 bits per heavy atom. The summed E-state index contributed by atoms with van der Waals surface area (Å²) in [5, 5.41) is 5.07. The van der Waals surface area contributed by atoms with Crippen LogP contribution in [0.4, 0.5) is 0 Å². The predicted octanol–water partition coefficient (Wildman–Crippen LogP) is 3.79. The summed E-state index contributed by atoms with van der Waals surface area (Å²) in [6.07, 6.45) is 4.86. The number of hydrogen-bond acceptors (Lipinski definition) is 4. The minimum absolute atomic E-state index is 0.251. The van der Waals surface area contributed by atoms with E-state index in [9.17, 15) is 4.79 Å². The molecule has 0 N–H and O–H groups in total. The third-order valence-electron chi connectivity index (χ3n) is 4.24. The van der Waals surface area contributed by atoms with E-state index in [0.29, 0.717) is 28.2 Å². The van der Waals surface area contributed by atoms with Crippen LogP contribution in [-0.2, 0) is 0 Å². The smallest absolute Gasteiger partial charge is 0.271 e. The van der Waals surface area contributed by atoms with Crippen molar-refractivity contribution in [1.82, 2.24) is 14.7 Å². The molecule has 0 bridgehead atoms. The van der Waals surface area contributed by atoms with Gasteiger partial charge in [-0.2, -0.15) is 4.68 Å². The molecule has 0 amide bonds. The molecule has 5 nitrogen and oxygen atoms in total. The van der Waals surface area contributed by atoms with E-state index in [1.807, 2.05) is 0 Å². The van der Waals surface area contributed by atoms with E-state index in [2.05, 4.69) is 10.00 Å². The van der Waals surface area contributed by atoms with Crippen molar-refractivity contribution in [2.24, 2.45) is 0 Å². The van der Waals surface area contributed by atoms with E-state index in [0.717, 1.165) is 13.0 Å². The van der Waals surface area contributed by atoms with Crippen LogP contribution in [0.3, 0.4) is 0 Å². The Balaban J connectivity index is 1.61. The van der Waals surface area contributed by atoms with E-state index >= 15 is 0 Å². The quantitative estimate of drug-likeness (QED) is 0.714. The van der Waals surface area contributed by atoms with Gasteiger partial charge in [-0.25, -0.2) is 0 Å². The van der Waals surface area contributed by atoms with Crippen LogP contribution in [0.15, 0.2) is 35.1 Å². The molecule has 0 radical (unpaired) electrons. The van der Waals surface area contributed by atoms with E-state index in [1.54, 1.807) is 24.3 Å². The van der Waals surface area contributed by atoms with Gasteiger partial charge in [-0.3, -0.25) is 4.79 Å². The first-order valence-corrected chi connectivity index (χ1v) is 9.30. The molecule has 1 aliphatic rings. The lowest BCUT2D eigenvalue weighted by atomic mass is 10.1. The molecule has 25 heavy (non-hydrogen) atoms. The van der Waals surface area contributed by atoms with Gasteiger partial charge in [0.15, 0.2) is 0 Å². The van der Waals surface area contributed by atoms with Crippen molar-refractivity contribution < 1.29 is 4.74 Å². The number of ether oxygens (including phenoxy) is 1. The van der Waals surface area contributed by atoms with Gasteiger partial charge < -0.3 is 9.64 Å². The number of benzene rings is 1. The van der Waals surface area contributed by atoms with Crippen molar-refractivity contribution in [3.8, 4) is 11.6 Å². The first-order valence-electron chi connectivity index (χ1n) is 8.54. The van der Waals surface area contributed by atoms with Gasteiger partial charge in [-0.15, -0.1) is 5.10 Å². The average molecular weight is 382 g/mol. The summed E-state index contributed by atoms with van der Waals surface area (Å²) in [4.78, 5) is 14.5. The SMILES string of the molecule is O=c1ccc(OCCCN2CCCCC2)nn1-c1ccc(Cl)c(Cl)c1. The molecule has 3 rings (SSSR count). The molecule has 0 saturated carbocycles. The summed E-state index contributed by atoms with van der Waals surface area (Å²) in [6.45, 7) is 3.97. The maximum absolute atomic E-state index is 12.1. The Kier molecular flexibility index (Phi) is 6.34. The van der Waals surface area contributed by atoms with Gasteiger partial charge >= 0.3 is 0 Å². The lowest BCUT2D eigenvalue weighted by Crippen LogP contribution is -2.31. The third-order valence-corrected chi connectivity index (χ3v) is 4.98. The van der Waals surface area contributed by atoms with E-state index < -0.39 is 0 Å². The summed E-state index contributed by atoms with van der Waals surface area (Å²) in [5.41, 5.74) is 0.303. The van der Waals surface area contributed by atoms with Crippen LogP contribution in [0, 0.1) is 0 Å². The molecule has 7 heteroatoms. The average Bonchev–Trinajstić information content (AvgIpc) is 2.63. The number of rotatable bonds is 6. The van der Waals surface area contributed by atoms with Gasteiger partial charge in [-0.1, -0.05) is 29.6 Å². The fourth-order valence-corrected chi connectivity index (χ4v) is 3.21. The molecular weight excluding hydrogens is 361 g/mol. The van der Waals surface area contributed by atoms with Crippen LogP contribution in [0.5, 0.6) is 5.88 Å². The van der Waals surface area contributed by atoms with Crippen LogP contribution in [0.25, 0.3) is 5.69 Å². The third kappa shape index (κ3) is 4.97. The zero-order valence-corrected chi connectivity index (χ0v) is 15.5. The van der Waals surface area contributed by atoms with Crippen molar-refractivity contribution in [2.75, 3.05) is 26.2 Å². The minimum Gasteiger partial charge on any atom is -0.477 e. The predicted molar refractivity (Wildman–Crippen MR) is 100 cm³/mol. The van der Waals surface area contributed by atoms with Crippen molar-refractivity contribution in [1.29, 1.82) is 0 Å². The van der Waals surface area contributed by atoms with Crippen LogP contribution >= 0.6 is 23.2 Å². The van der Waals surface area contributed by atoms with Crippen molar-refractivity contribution in [3.05, 3.63) is 50.7 Å². The lowest BCUT2D eigenvalue weighted by molar-refractivity contribution is 0.202. The van der Waals surface area contributed by atoms with Gasteiger partial charge in [0, 0.05) is 18.7 Å². The highest BCUT2D eigenvalue weighted by Crippen LogP contribution is 2.23. The minimum atomic E-state index is -0.251. The van der Waals surface area contributed by atoms with E-state index in [-0.39, 0.29) is 5.56 Å². The van der Waals surface area contributed by atoms with E-state index in [1.165, 1.54) is 43.1 Å². The molecule has 0 atom stereocenters. The Labute approximate surface area is 157 Å². The molecule has 0 spiro atoms. The number of hydrogen-bond donors (Lipinski definition) is 0. The van der Waals surface area contributed by atoms with E-state index in [4.69, 9.17) is 27.9 Å². The molecule has 1 saturated heterocycles. The van der Waals surface area contributed by atoms with Crippen molar-refractivity contribution in [3.63, 3.8) is 0 Å². The first-order chi connectivity index (χ1) is 12.1. The molecule has 1 aromatic carbocycles. The van der Waals surface area contributed by atoms with Gasteiger partial charge in [0.2, 0.25) is 5.88 Å². The van der Waals surface area contributed by atoms with Crippen LogP contribution in [-0.4, -0.2) is 40.9 Å². The summed E-state index contributed by atoms with van der Waals surface area (Å²) in [7, 11) is 0. The fraction of sp³-hybridized carbons (Fsp3) is 0.444. The van der Waals surface area contributed by atoms with Gasteiger partial charge in [0.1, 0.15) is 0 Å². The second-order valence-corrected chi connectivity index (χ2v) is 6.94. The van der Waals surface area contributed by atoms with Crippen LogP contribution in [0.2, 0.25) is 10.0 Å². The highest BCUT2D eigenvalue weighted by atomic mass is 35.5. The number of piperidine rings is 1. The largest absolute Gasteiger partial charge is 0.477 e. The standard InChI is InChI=1S/C18H21Cl2N3O2/c19-15-6-5-14(13-16(15)20)23-18(24)8-7-17(21-23)25-12-4-11-22-9-2-1-3-10-22/h5-8,13H,1-4,9-12H2. The second kappa shape index (κ2) is 8.70. The zero-order chi connectivity index (χ0) is 17.6. The summed E-state index contributed by atoms with van der Waals surface area (Å²) in [5.74, 6) is 0.421. The number of likely N-dealkylation sites (tertiary alicyclic amines) is 1. The van der Waals surface area contributed by atoms with Crippen LogP contribution < -0.4 is 10.3 Å². The Morgan fingerprint density at radius 3 is 2.60 bits per heavy atom. The number of aromatic nitrogens is 2. The Morgan fingerprint density at radius 2 is 1.84 bits per heavy atom. The second-order valence-electron chi connectivity index (χ2n) is 6.12. The maximum Gasteiger partial charge on any atom is 0.271 e. The van der Waals surface area contributed by atoms with Gasteiger partial charge in [0.25, 0.3) is 5.56 Å². The summed E-state index contributed by atoms with van der Waals surface area (Å²) >= 11 is 11.9. The van der Waals surface area contributed by atoms with Gasteiger partial charge in [0.05, 0.1) is 22.3 Å². The normalized spacial score (nSPS) is 15.3. The molecule has 1 aromatic heterocycles. The molecule has 0 unspecified atom stereocenters. The molecule has 134 valence electrons. The summed E-state index contributed by atoms with van der Waals surface area (Å²) < 4.78 is 6.98. The maximum atomic E-state index is 12.1. The summed E-state index contributed by atoms with van der Waals surface area (Å²) in [6, 6.07) is 7.98. The fourth-order valence-electron chi connectivity index (χ4n) is 2.92. The monoisotopic (exact) mass is 381 g/mol. The highest BCUT2D eigenvalue weighted by Gasteiger charge is 2.10. The highest BCUT2D eigenvalue weighted by molar-refractivity contribution is 6.42. The molecular formula is C18H21Cl2N3O2. The molecule has 0 aliphatic carbocycles. The Hall–Kier alpha value is -1.56. The lowest BCUT2D eigenvalue weighted by Gasteiger charge is -2.26. The molecule has 1 aliphatic heterocycles. The zero-order valence-electron chi connectivity index (χ0n) is 14.0. The van der Waals surface area contributed by atoms with Gasteiger partial charge in [-0.05, 0) is 50.6 Å². The topological polar surface area (TPSA) is 47.4 Å². The van der Waals surface area contributed by atoms with Crippen LogP contribution in [0.1, 0.15) is 25.7 Å². The first kappa shape index (κ1) is 18.2. The molecule has 2 heterocycles. The molecule has 2 aromatic rings. The van der Waals surface area contributed by atoms with Crippen molar-refractivity contribution >= 4 is 23.2 Å². The Bertz CT molecular complexity index is 773. The number of halogens is 2. The number of nitrogens with zero attached hydrogens (tertiary/aromatic N) is 3.